The summed E-state index contributed by atoms with van der Waals surface area (Å²) in [6.45, 7) is 3.99. The van der Waals surface area contributed by atoms with Crippen LogP contribution in [0.1, 0.15) is 17.5 Å². The molecular formula is C20H20ClN3O3. The zero-order valence-electron chi connectivity index (χ0n) is 15.4. The number of benzene rings is 2. The Kier molecular flexibility index (Phi) is 5.46. The molecule has 0 saturated carbocycles. The van der Waals surface area contributed by atoms with E-state index in [1.807, 2.05) is 26.0 Å². The summed E-state index contributed by atoms with van der Waals surface area (Å²) in [7, 11) is 1.51. The molecule has 1 heterocycles. The Labute approximate surface area is 161 Å². The normalized spacial score (nSPS) is 10.8. The number of methoxy groups -OCH3 is 1. The van der Waals surface area contributed by atoms with Gasteiger partial charge >= 0.3 is 0 Å². The molecule has 0 saturated heterocycles. The van der Waals surface area contributed by atoms with Crippen molar-refractivity contribution in [2.75, 3.05) is 12.4 Å². The first kappa shape index (κ1) is 18.9. The molecule has 0 fully saturated rings. The molecule has 0 atom stereocenters. The lowest BCUT2D eigenvalue weighted by atomic mass is 10.1. The van der Waals surface area contributed by atoms with Gasteiger partial charge in [0.05, 0.1) is 30.0 Å². The fraction of sp³-hybridized carbons (Fsp3) is 0.250. The summed E-state index contributed by atoms with van der Waals surface area (Å²) >= 11 is 6.08. The summed E-state index contributed by atoms with van der Waals surface area (Å²) < 4.78 is 6.71. The van der Waals surface area contributed by atoms with Crippen molar-refractivity contribution < 1.29 is 9.53 Å². The minimum Gasteiger partial charge on any atom is -0.495 e. The van der Waals surface area contributed by atoms with Crippen LogP contribution in [0.25, 0.3) is 10.9 Å². The lowest BCUT2D eigenvalue weighted by Gasteiger charge is -2.13. The molecule has 0 spiro atoms. The van der Waals surface area contributed by atoms with Gasteiger partial charge in [-0.1, -0.05) is 23.7 Å². The maximum absolute atomic E-state index is 12.6. The Hall–Kier alpha value is -2.86. The van der Waals surface area contributed by atoms with Gasteiger partial charge in [-0.2, -0.15) is 0 Å². The summed E-state index contributed by atoms with van der Waals surface area (Å²) in [6, 6.07) is 8.90. The summed E-state index contributed by atoms with van der Waals surface area (Å²) in [5, 5.41) is 3.92. The van der Waals surface area contributed by atoms with Gasteiger partial charge in [-0.15, -0.1) is 0 Å². The van der Waals surface area contributed by atoms with E-state index in [1.165, 1.54) is 18.0 Å². The molecule has 0 radical (unpaired) electrons. The van der Waals surface area contributed by atoms with E-state index in [-0.39, 0.29) is 24.4 Å². The molecule has 27 heavy (non-hydrogen) atoms. The minimum atomic E-state index is -0.230. The number of nitrogens with one attached hydrogen (secondary N) is 1. The highest BCUT2D eigenvalue weighted by Gasteiger charge is 2.12. The molecule has 0 aliphatic heterocycles. The Balaban J connectivity index is 1.75. The molecule has 7 heteroatoms. The van der Waals surface area contributed by atoms with Gasteiger partial charge in [0.1, 0.15) is 5.75 Å². The Morgan fingerprint density at radius 3 is 2.78 bits per heavy atom. The van der Waals surface area contributed by atoms with Crippen LogP contribution in [0.5, 0.6) is 5.75 Å². The number of amides is 1. The molecule has 1 aromatic heterocycles. The lowest BCUT2D eigenvalue weighted by molar-refractivity contribution is -0.116. The van der Waals surface area contributed by atoms with Gasteiger partial charge < -0.3 is 10.1 Å². The number of carbonyl (C=O) groups excluding carboxylic acids is 1. The molecule has 140 valence electrons. The van der Waals surface area contributed by atoms with Gasteiger partial charge in [-0.25, -0.2) is 4.98 Å². The molecule has 0 bridgehead atoms. The maximum atomic E-state index is 12.6. The van der Waals surface area contributed by atoms with Crippen molar-refractivity contribution in [1.82, 2.24) is 9.55 Å². The highest BCUT2D eigenvalue weighted by atomic mass is 35.5. The van der Waals surface area contributed by atoms with Gasteiger partial charge in [0.2, 0.25) is 5.91 Å². The largest absolute Gasteiger partial charge is 0.495 e. The van der Waals surface area contributed by atoms with E-state index >= 15 is 0 Å². The van der Waals surface area contributed by atoms with Crippen LogP contribution < -0.4 is 15.6 Å². The molecule has 0 aliphatic rings. The third-order valence-electron chi connectivity index (χ3n) is 4.39. The summed E-state index contributed by atoms with van der Waals surface area (Å²) in [5.74, 6) is 0.255. The zero-order chi connectivity index (χ0) is 19.6. The van der Waals surface area contributed by atoms with Crippen molar-refractivity contribution in [2.24, 2.45) is 0 Å². The lowest BCUT2D eigenvalue weighted by Crippen LogP contribution is -2.24. The predicted molar refractivity (Wildman–Crippen MR) is 107 cm³/mol. The van der Waals surface area contributed by atoms with E-state index < -0.39 is 0 Å². The van der Waals surface area contributed by atoms with Crippen LogP contribution in [-0.4, -0.2) is 22.6 Å². The molecule has 0 unspecified atom stereocenters. The number of carbonyl (C=O) groups is 1. The maximum Gasteiger partial charge on any atom is 0.261 e. The van der Waals surface area contributed by atoms with Crippen molar-refractivity contribution in [3.63, 3.8) is 0 Å². The van der Waals surface area contributed by atoms with Crippen LogP contribution >= 0.6 is 11.6 Å². The molecule has 3 rings (SSSR count). The number of hydrogen-bond acceptors (Lipinski definition) is 4. The summed E-state index contributed by atoms with van der Waals surface area (Å²) in [4.78, 5) is 29.3. The molecule has 3 aromatic rings. The van der Waals surface area contributed by atoms with Crippen molar-refractivity contribution in [1.29, 1.82) is 0 Å². The number of aryl methyl sites for hydroxylation is 3. The molecule has 1 amide bonds. The number of nitrogens with zero attached hydrogens (tertiary/aromatic N) is 2. The fourth-order valence-electron chi connectivity index (χ4n) is 2.86. The SMILES string of the molecule is COc1cc(Cl)c(C)cc1NC(=O)CCn1cnc2c(C)cccc2c1=O. The number of anilines is 1. The van der Waals surface area contributed by atoms with Crippen molar-refractivity contribution in [3.8, 4) is 5.75 Å². The van der Waals surface area contributed by atoms with Crippen LogP contribution in [-0.2, 0) is 11.3 Å². The fourth-order valence-corrected chi connectivity index (χ4v) is 3.01. The number of fused-ring (bicyclic) bond motifs is 1. The standard InChI is InChI=1S/C20H20ClN3O3/c1-12-5-4-6-14-19(12)22-11-24(20(14)26)8-7-18(25)23-16-9-13(2)15(21)10-17(16)27-3/h4-6,9-11H,7-8H2,1-3H3,(H,23,25). The van der Waals surface area contributed by atoms with Crippen molar-refractivity contribution >= 4 is 34.1 Å². The molecule has 6 nitrogen and oxygen atoms in total. The van der Waals surface area contributed by atoms with Gasteiger partial charge in [0.25, 0.3) is 5.56 Å². The highest BCUT2D eigenvalue weighted by molar-refractivity contribution is 6.31. The topological polar surface area (TPSA) is 73.2 Å². The minimum absolute atomic E-state index is 0.129. The quantitative estimate of drug-likeness (QED) is 0.726. The number of hydrogen-bond donors (Lipinski definition) is 1. The highest BCUT2D eigenvalue weighted by Crippen LogP contribution is 2.31. The van der Waals surface area contributed by atoms with E-state index in [0.29, 0.717) is 27.4 Å². The second kappa shape index (κ2) is 7.80. The monoisotopic (exact) mass is 385 g/mol. The van der Waals surface area contributed by atoms with E-state index in [2.05, 4.69) is 10.3 Å². The average molecular weight is 386 g/mol. The second-order valence-electron chi connectivity index (χ2n) is 6.31. The van der Waals surface area contributed by atoms with Crippen molar-refractivity contribution in [3.05, 3.63) is 63.2 Å². The van der Waals surface area contributed by atoms with Gasteiger partial charge in [-0.05, 0) is 37.1 Å². The smallest absolute Gasteiger partial charge is 0.261 e. The molecular weight excluding hydrogens is 366 g/mol. The number of para-hydroxylation sites is 1. The van der Waals surface area contributed by atoms with Crippen LogP contribution in [0.15, 0.2) is 41.5 Å². The molecule has 1 N–H and O–H groups in total. The Morgan fingerprint density at radius 1 is 1.26 bits per heavy atom. The van der Waals surface area contributed by atoms with Crippen molar-refractivity contribution in [2.45, 2.75) is 26.8 Å². The first-order valence-electron chi connectivity index (χ1n) is 8.49. The summed E-state index contributed by atoms with van der Waals surface area (Å²) in [6.07, 6.45) is 1.61. The van der Waals surface area contributed by atoms with E-state index in [1.54, 1.807) is 18.2 Å². The molecule has 2 aromatic carbocycles. The van der Waals surface area contributed by atoms with E-state index in [0.717, 1.165) is 11.1 Å². The van der Waals surface area contributed by atoms with E-state index in [9.17, 15) is 9.59 Å². The third kappa shape index (κ3) is 3.95. The average Bonchev–Trinajstić information content (AvgIpc) is 2.64. The van der Waals surface area contributed by atoms with Crippen LogP contribution in [0.3, 0.4) is 0 Å². The number of ether oxygens (including phenoxy) is 1. The van der Waals surface area contributed by atoms with Gasteiger partial charge in [-0.3, -0.25) is 14.2 Å². The third-order valence-corrected chi connectivity index (χ3v) is 4.80. The molecule has 0 aliphatic carbocycles. The van der Waals surface area contributed by atoms with Gasteiger partial charge in [0, 0.05) is 24.1 Å². The number of halogens is 1. The Bertz CT molecular complexity index is 1080. The second-order valence-corrected chi connectivity index (χ2v) is 6.72. The van der Waals surface area contributed by atoms with Crippen LogP contribution in [0.2, 0.25) is 5.02 Å². The summed E-state index contributed by atoms with van der Waals surface area (Å²) in [5.41, 5.74) is 2.85. The first-order chi connectivity index (χ1) is 12.9. The van der Waals surface area contributed by atoms with Crippen LogP contribution in [0.4, 0.5) is 5.69 Å². The zero-order valence-corrected chi connectivity index (χ0v) is 16.1. The first-order valence-corrected chi connectivity index (χ1v) is 8.87. The number of aromatic nitrogens is 2. The van der Waals surface area contributed by atoms with Crippen LogP contribution in [0, 0.1) is 13.8 Å². The van der Waals surface area contributed by atoms with Gasteiger partial charge in [0.15, 0.2) is 0 Å². The van der Waals surface area contributed by atoms with E-state index in [4.69, 9.17) is 16.3 Å². The predicted octanol–water partition coefficient (Wildman–Crippen LogP) is 3.70. The Morgan fingerprint density at radius 2 is 2.04 bits per heavy atom. The number of rotatable bonds is 5.